The third-order valence-corrected chi connectivity index (χ3v) is 7.19. The summed E-state index contributed by atoms with van der Waals surface area (Å²) in [6.45, 7) is 1.94. The fourth-order valence-electron chi connectivity index (χ4n) is 3.87. The summed E-state index contributed by atoms with van der Waals surface area (Å²) >= 11 is 12.6. The third-order valence-electron chi connectivity index (χ3n) is 5.50. The SMILES string of the molecule is CS(=O)(=O)c1cc(Cl)c(Nc2ncnc3c2OCCN3C2CCN(C(=O)O)CC2)c(Cl)c1. The summed E-state index contributed by atoms with van der Waals surface area (Å²) in [5.74, 6) is 1.37. The Bertz CT molecular complexity index is 1130. The maximum Gasteiger partial charge on any atom is 0.407 e. The van der Waals surface area contributed by atoms with Crippen molar-refractivity contribution in [2.45, 2.75) is 23.8 Å². The Morgan fingerprint density at radius 2 is 1.84 bits per heavy atom. The van der Waals surface area contributed by atoms with Gasteiger partial charge in [-0.3, -0.25) is 0 Å². The van der Waals surface area contributed by atoms with Crippen LogP contribution in [0.15, 0.2) is 23.4 Å². The van der Waals surface area contributed by atoms with Crippen LogP contribution in [0, 0.1) is 0 Å². The van der Waals surface area contributed by atoms with Gasteiger partial charge in [0, 0.05) is 25.4 Å². The van der Waals surface area contributed by atoms with Gasteiger partial charge in [0.15, 0.2) is 21.5 Å². The van der Waals surface area contributed by atoms with E-state index in [9.17, 15) is 18.3 Å². The fraction of sp³-hybridized carbons (Fsp3) is 0.421. The van der Waals surface area contributed by atoms with Gasteiger partial charge >= 0.3 is 6.09 Å². The highest BCUT2D eigenvalue weighted by atomic mass is 35.5. The first-order chi connectivity index (χ1) is 15.1. The second-order valence-electron chi connectivity index (χ2n) is 7.58. The topological polar surface area (TPSA) is 125 Å². The van der Waals surface area contributed by atoms with Crippen molar-refractivity contribution < 1.29 is 23.1 Å². The minimum atomic E-state index is -3.47. The number of carboxylic acid groups (broad SMARTS) is 1. The first kappa shape index (κ1) is 22.7. The molecule has 1 saturated heterocycles. The standard InChI is InChI=1S/C19H21Cl2N5O5S/c1-32(29,30)12-8-13(20)15(14(21)9-12)24-17-16-18(23-10-22-17)26(6-7-31-16)11-2-4-25(5-3-11)19(27)28/h8-11H,2-7H2,1H3,(H,27,28)(H,22,23,24). The molecule has 13 heteroatoms. The Balaban J connectivity index is 1.61. The predicted octanol–water partition coefficient (Wildman–Crippen LogP) is 3.27. The van der Waals surface area contributed by atoms with Crippen molar-refractivity contribution in [2.75, 3.05) is 42.7 Å². The largest absolute Gasteiger partial charge is 0.485 e. The zero-order chi connectivity index (χ0) is 23.0. The van der Waals surface area contributed by atoms with Gasteiger partial charge in [0.1, 0.15) is 12.9 Å². The van der Waals surface area contributed by atoms with Gasteiger partial charge in [-0.05, 0) is 25.0 Å². The van der Waals surface area contributed by atoms with Crippen LogP contribution in [0.25, 0.3) is 0 Å². The zero-order valence-corrected chi connectivity index (χ0v) is 19.4. The maximum absolute atomic E-state index is 11.8. The molecule has 32 heavy (non-hydrogen) atoms. The lowest BCUT2D eigenvalue weighted by molar-refractivity contribution is 0.130. The van der Waals surface area contributed by atoms with Gasteiger partial charge < -0.3 is 25.0 Å². The number of anilines is 3. The normalized spacial score (nSPS) is 17.0. The lowest BCUT2D eigenvalue weighted by Crippen LogP contribution is -2.49. The molecule has 2 aliphatic rings. The second kappa shape index (κ2) is 8.80. The molecule has 0 atom stereocenters. The van der Waals surface area contributed by atoms with E-state index < -0.39 is 15.9 Å². The van der Waals surface area contributed by atoms with Gasteiger partial charge in [0.25, 0.3) is 0 Å². The van der Waals surface area contributed by atoms with E-state index in [-0.39, 0.29) is 21.0 Å². The van der Waals surface area contributed by atoms with Crippen molar-refractivity contribution in [3.05, 3.63) is 28.5 Å². The number of likely N-dealkylation sites (tertiary alicyclic amines) is 1. The van der Waals surface area contributed by atoms with Crippen LogP contribution in [0.3, 0.4) is 0 Å². The number of hydrogen-bond acceptors (Lipinski definition) is 8. The second-order valence-corrected chi connectivity index (χ2v) is 10.4. The summed E-state index contributed by atoms with van der Waals surface area (Å²) in [7, 11) is -3.47. The molecule has 1 aromatic carbocycles. The molecule has 172 valence electrons. The fourth-order valence-corrected chi connectivity index (χ4v) is 5.24. The summed E-state index contributed by atoms with van der Waals surface area (Å²) in [4.78, 5) is 23.4. The summed E-state index contributed by atoms with van der Waals surface area (Å²) in [6, 6.07) is 2.77. The Kier molecular flexibility index (Phi) is 6.24. The molecule has 2 aliphatic heterocycles. The van der Waals surface area contributed by atoms with E-state index in [0.29, 0.717) is 62.2 Å². The summed E-state index contributed by atoms with van der Waals surface area (Å²) in [5, 5.41) is 12.5. The number of aromatic nitrogens is 2. The molecular formula is C19H21Cl2N5O5S. The van der Waals surface area contributed by atoms with Gasteiger partial charge in [-0.15, -0.1) is 0 Å². The van der Waals surface area contributed by atoms with Gasteiger partial charge in [0.05, 0.1) is 27.2 Å². The van der Waals surface area contributed by atoms with E-state index in [1.807, 2.05) is 0 Å². The van der Waals surface area contributed by atoms with Crippen molar-refractivity contribution in [3.8, 4) is 5.75 Å². The molecule has 1 aromatic heterocycles. The van der Waals surface area contributed by atoms with Crippen LogP contribution in [0.2, 0.25) is 10.0 Å². The van der Waals surface area contributed by atoms with Crippen LogP contribution in [0.5, 0.6) is 5.75 Å². The van der Waals surface area contributed by atoms with Gasteiger partial charge in [0.2, 0.25) is 5.75 Å². The smallest absolute Gasteiger partial charge is 0.407 e. The van der Waals surface area contributed by atoms with Crippen molar-refractivity contribution in [1.29, 1.82) is 0 Å². The number of sulfone groups is 1. The van der Waals surface area contributed by atoms with Crippen LogP contribution in [-0.2, 0) is 9.84 Å². The average molecular weight is 502 g/mol. The first-order valence-electron chi connectivity index (χ1n) is 9.83. The van der Waals surface area contributed by atoms with Crippen molar-refractivity contribution in [3.63, 3.8) is 0 Å². The number of carbonyl (C=O) groups is 1. The Morgan fingerprint density at radius 3 is 2.44 bits per heavy atom. The van der Waals surface area contributed by atoms with E-state index in [1.54, 1.807) is 0 Å². The molecule has 0 unspecified atom stereocenters. The first-order valence-corrected chi connectivity index (χ1v) is 12.5. The third kappa shape index (κ3) is 4.50. The molecule has 0 aliphatic carbocycles. The number of halogens is 2. The quantitative estimate of drug-likeness (QED) is 0.648. The molecule has 0 radical (unpaired) electrons. The Morgan fingerprint density at radius 1 is 1.19 bits per heavy atom. The van der Waals surface area contributed by atoms with Gasteiger partial charge in [-0.2, -0.15) is 0 Å². The molecule has 3 heterocycles. The van der Waals surface area contributed by atoms with Gasteiger partial charge in [-0.25, -0.2) is 23.2 Å². The Labute approximate surface area is 195 Å². The Hall–Kier alpha value is -2.50. The number of nitrogens with one attached hydrogen (secondary N) is 1. The highest BCUT2D eigenvalue weighted by Crippen LogP contribution is 2.41. The van der Waals surface area contributed by atoms with E-state index in [2.05, 4.69) is 20.2 Å². The monoisotopic (exact) mass is 501 g/mol. The number of amides is 1. The van der Waals surface area contributed by atoms with E-state index >= 15 is 0 Å². The van der Waals surface area contributed by atoms with E-state index in [0.717, 1.165) is 6.26 Å². The number of hydrogen-bond donors (Lipinski definition) is 2. The highest BCUT2D eigenvalue weighted by Gasteiger charge is 2.32. The average Bonchev–Trinajstić information content (AvgIpc) is 2.75. The van der Waals surface area contributed by atoms with Crippen LogP contribution in [0.1, 0.15) is 12.8 Å². The number of nitrogens with zero attached hydrogens (tertiary/aromatic N) is 4. The summed E-state index contributed by atoms with van der Waals surface area (Å²) in [6.07, 6.45) is 2.93. The highest BCUT2D eigenvalue weighted by molar-refractivity contribution is 7.90. The van der Waals surface area contributed by atoms with Crippen LogP contribution in [-0.4, -0.2) is 73.0 Å². The molecule has 0 spiro atoms. The van der Waals surface area contributed by atoms with Gasteiger partial charge in [-0.1, -0.05) is 23.2 Å². The number of benzene rings is 1. The maximum atomic E-state index is 11.8. The molecule has 0 bridgehead atoms. The number of rotatable bonds is 4. The van der Waals surface area contributed by atoms with Crippen molar-refractivity contribution in [2.24, 2.45) is 0 Å². The van der Waals surface area contributed by atoms with Crippen molar-refractivity contribution >= 4 is 56.5 Å². The minimum absolute atomic E-state index is 0.0119. The molecule has 2 aromatic rings. The summed E-state index contributed by atoms with van der Waals surface area (Å²) < 4.78 is 29.5. The molecule has 1 fully saturated rings. The molecular weight excluding hydrogens is 481 g/mol. The molecule has 4 rings (SSSR count). The lowest BCUT2D eigenvalue weighted by Gasteiger charge is -2.40. The molecule has 10 nitrogen and oxygen atoms in total. The van der Waals surface area contributed by atoms with Crippen molar-refractivity contribution in [1.82, 2.24) is 14.9 Å². The van der Waals surface area contributed by atoms with Crippen LogP contribution < -0.4 is 15.0 Å². The van der Waals surface area contributed by atoms with Crippen LogP contribution in [0.4, 0.5) is 22.1 Å². The number of fused-ring (bicyclic) bond motifs is 1. The number of ether oxygens (including phenoxy) is 1. The summed E-state index contributed by atoms with van der Waals surface area (Å²) in [5.41, 5.74) is 0.303. The molecule has 2 N–H and O–H groups in total. The predicted molar refractivity (Wildman–Crippen MR) is 120 cm³/mol. The minimum Gasteiger partial charge on any atom is -0.485 e. The number of piperidine rings is 1. The molecule has 1 amide bonds. The van der Waals surface area contributed by atoms with E-state index in [1.165, 1.54) is 23.4 Å². The zero-order valence-electron chi connectivity index (χ0n) is 17.1. The van der Waals surface area contributed by atoms with E-state index in [4.69, 9.17) is 27.9 Å². The van der Waals surface area contributed by atoms with Crippen LogP contribution >= 0.6 is 23.2 Å². The molecule has 0 saturated carbocycles. The lowest BCUT2D eigenvalue weighted by atomic mass is 10.0.